The van der Waals surface area contributed by atoms with Crippen molar-refractivity contribution < 1.29 is 9.47 Å². The topological polar surface area (TPSA) is 78.2 Å². The minimum Gasteiger partial charge on any atom is -0.377 e. The van der Waals surface area contributed by atoms with Gasteiger partial charge in [-0.3, -0.25) is 4.98 Å². The molecule has 9 heteroatoms. The van der Waals surface area contributed by atoms with Gasteiger partial charge in [-0.15, -0.1) is 11.3 Å². The monoisotopic (exact) mass is 476 g/mol. The minimum atomic E-state index is -0.0677. The highest BCUT2D eigenvalue weighted by Crippen LogP contribution is 2.38. The Labute approximate surface area is 202 Å². The number of hydrogen-bond acceptors (Lipinski definition) is 8. The SMILES string of the molecule is Cc1ncc(-c2cc(N3CCOC[C@H]3C)nc3c(-c4ccnn4C4CCCCO4)nccc23)s1. The van der Waals surface area contributed by atoms with Crippen LogP contribution in [0.1, 0.15) is 37.4 Å². The lowest BCUT2D eigenvalue weighted by Gasteiger charge is -2.34. The van der Waals surface area contributed by atoms with E-state index in [0.29, 0.717) is 13.2 Å². The molecule has 34 heavy (non-hydrogen) atoms. The molecular formula is C25H28N6O2S. The zero-order valence-electron chi connectivity index (χ0n) is 19.5. The zero-order chi connectivity index (χ0) is 23.1. The molecule has 1 unspecified atom stereocenters. The molecule has 0 saturated carbocycles. The van der Waals surface area contributed by atoms with E-state index in [-0.39, 0.29) is 12.3 Å². The van der Waals surface area contributed by atoms with Crippen molar-refractivity contribution in [1.29, 1.82) is 0 Å². The quantitative estimate of drug-likeness (QED) is 0.417. The summed E-state index contributed by atoms with van der Waals surface area (Å²) >= 11 is 1.70. The van der Waals surface area contributed by atoms with Crippen LogP contribution in [0.15, 0.2) is 36.8 Å². The van der Waals surface area contributed by atoms with Crippen LogP contribution in [0.5, 0.6) is 0 Å². The number of aromatic nitrogens is 5. The van der Waals surface area contributed by atoms with Gasteiger partial charge in [-0.25, -0.2) is 14.6 Å². The van der Waals surface area contributed by atoms with Gasteiger partial charge >= 0.3 is 0 Å². The van der Waals surface area contributed by atoms with Gasteiger partial charge in [-0.2, -0.15) is 5.10 Å². The van der Waals surface area contributed by atoms with Crippen LogP contribution in [0, 0.1) is 6.92 Å². The number of ether oxygens (including phenoxy) is 2. The van der Waals surface area contributed by atoms with E-state index in [2.05, 4.69) is 34.0 Å². The Morgan fingerprint density at radius 1 is 1.12 bits per heavy atom. The summed E-state index contributed by atoms with van der Waals surface area (Å²) in [5, 5.41) is 6.73. The molecule has 0 aliphatic carbocycles. The average Bonchev–Trinajstić information content (AvgIpc) is 3.53. The van der Waals surface area contributed by atoms with Gasteiger partial charge in [0.15, 0.2) is 6.23 Å². The first-order chi connectivity index (χ1) is 16.7. The van der Waals surface area contributed by atoms with Crippen LogP contribution in [0.2, 0.25) is 0 Å². The first kappa shape index (κ1) is 21.6. The molecule has 4 aromatic rings. The van der Waals surface area contributed by atoms with E-state index >= 15 is 0 Å². The van der Waals surface area contributed by atoms with E-state index in [1.165, 1.54) is 0 Å². The van der Waals surface area contributed by atoms with Crippen LogP contribution in [0.3, 0.4) is 0 Å². The van der Waals surface area contributed by atoms with Crippen molar-refractivity contribution in [3.8, 4) is 21.8 Å². The van der Waals surface area contributed by atoms with Crippen LogP contribution in [0.4, 0.5) is 5.82 Å². The van der Waals surface area contributed by atoms with Crippen LogP contribution >= 0.6 is 11.3 Å². The van der Waals surface area contributed by atoms with Gasteiger partial charge in [0, 0.05) is 42.7 Å². The molecule has 0 spiro atoms. The van der Waals surface area contributed by atoms with Gasteiger partial charge in [0.05, 0.1) is 34.8 Å². The largest absolute Gasteiger partial charge is 0.377 e. The molecule has 6 heterocycles. The van der Waals surface area contributed by atoms with Crippen molar-refractivity contribution in [2.75, 3.05) is 31.3 Å². The van der Waals surface area contributed by atoms with E-state index in [4.69, 9.17) is 19.4 Å². The average molecular weight is 477 g/mol. The Balaban J connectivity index is 1.56. The summed E-state index contributed by atoms with van der Waals surface area (Å²) in [6.07, 6.45) is 8.78. The lowest BCUT2D eigenvalue weighted by molar-refractivity contribution is -0.0383. The Morgan fingerprint density at radius 2 is 2.06 bits per heavy atom. The second-order valence-electron chi connectivity index (χ2n) is 8.93. The van der Waals surface area contributed by atoms with E-state index in [0.717, 1.165) is 76.0 Å². The smallest absolute Gasteiger partial charge is 0.150 e. The van der Waals surface area contributed by atoms with Gasteiger partial charge in [0.25, 0.3) is 0 Å². The molecule has 4 aromatic heterocycles. The molecule has 2 atom stereocenters. The predicted octanol–water partition coefficient (Wildman–Crippen LogP) is 4.85. The van der Waals surface area contributed by atoms with Gasteiger partial charge < -0.3 is 14.4 Å². The molecule has 0 aromatic carbocycles. The van der Waals surface area contributed by atoms with Gasteiger partial charge in [0.1, 0.15) is 17.0 Å². The molecule has 2 saturated heterocycles. The van der Waals surface area contributed by atoms with Crippen LogP contribution in [-0.4, -0.2) is 57.1 Å². The number of pyridine rings is 2. The molecule has 6 rings (SSSR count). The highest BCUT2D eigenvalue weighted by Gasteiger charge is 2.25. The number of aryl methyl sites for hydroxylation is 1. The summed E-state index contributed by atoms with van der Waals surface area (Å²) in [5.41, 5.74) is 3.77. The second kappa shape index (κ2) is 9.05. The highest BCUT2D eigenvalue weighted by molar-refractivity contribution is 7.15. The minimum absolute atomic E-state index is 0.0677. The van der Waals surface area contributed by atoms with Crippen molar-refractivity contribution in [2.45, 2.75) is 45.4 Å². The molecular weight excluding hydrogens is 448 g/mol. The first-order valence-corrected chi connectivity index (χ1v) is 12.7. The fourth-order valence-electron chi connectivity index (χ4n) is 4.88. The zero-order valence-corrected chi connectivity index (χ0v) is 20.3. The van der Waals surface area contributed by atoms with Crippen LogP contribution in [-0.2, 0) is 9.47 Å². The van der Waals surface area contributed by atoms with Gasteiger partial charge in [-0.1, -0.05) is 0 Å². The van der Waals surface area contributed by atoms with Crippen molar-refractivity contribution in [3.05, 3.63) is 41.8 Å². The standard InChI is InChI=1S/C25H28N6O2S/c1-16-15-32-12-10-30(16)22-13-19(21-14-27-17(2)34-21)18-6-8-26-25(24(18)29-22)20-7-9-28-31(20)23-5-3-4-11-33-23/h6-9,13-14,16,23H,3-5,10-12,15H2,1-2H3/t16-,23?/m1/s1. The normalized spacial score (nSPS) is 21.3. The van der Waals surface area contributed by atoms with E-state index in [9.17, 15) is 0 Å². The maximum absolute atomic E-state index is 6.05. The van der Waals surface area contributed by atoms with Gasteiger partial charge in [0.2, 0.25) is 0 Å². The molecule has 0 bridgehead atoms. The summed E-state index contributed by atoms with van der Waals surface area (Å²) < 4.78 is 13.7. The number of thiazole rings is 1. The lowest BCUT2D eigenvalue weighted by atomic mass is 10.1. The number of hydrogen-bond donors (Lipinski definition) is 0. The third-order valence-corrected chi connectivity index (χ3v) is 7.55. The summed E-state index contributed by atoms with van der Waals surface area (Å²) in [6, 6.07) is 6.52. The summed E-state index contributed by atoms with van der Waals surface area (Å²) in [7, 11) is 0. The highest BCUT2D eigenvalue weighted by atomic mass is 32.1. The molecule has 0 radical (unpaired) electrons. The van der Waals surface area contributed by atoms with Crippen molar-refractivity contribution in [2.24, 2.45) is 0 Å². The maximum atomic E-state index is 6.05. The summed E-state index contributed by atoms with van der Waals surface area (Å²) in [5.74, 6) is 0.943. The Hall–Kier alpha value is -2.88. The van der Waals surface area contributed by atoms with Gasteiger partial charge in [-0.05, 0) is 51.3 Å². The lowest BCUT2D eigenvalue weighted by Crippen LogP contribution is -2.44. The Morgan fingerprint density at radius 3 is 2.85 bits per heavy atom. The third kappa shape index (κ3) is 3.87. The number of anilines is 1. The van der Waals surface area contributed by atoms with E-state index in [1.54, 1.807) is 11.3 Å². The van der Waals surface area contributed by atoms with Crippen molar-refractivity contribution in [1.82, 2.24) is 24.7 Å². The molecule has 2 aliphatic heterocycles. The summed E-state index contributed by atoms with van der Waals surface area (Å²) in [4.78, 5) is 18.0. The maximum Gasteiger partial charge on any atom is 0.150 e. The number of morpholine rings is 1. The number of rotatable bonds is 4. The molecule has 2 aliphatic rings. The van der Waals surface area contributed by atoms with E-state index in [1.807, 2.05) is 36.3 Å². The first-order valence-electron chi connectivity index (χ1n) is 11.9. The molecule has 0 amide bonds. The molecule has 2 fully saturated rings. The predicted molar refractivity (Wildman–Crippen MR) is 133 cm³/mol. The molecule has 0 N–H and O–H groups in total. The second-order valence-corrected chi connectivity index (χ2v) is 10.2. The Bertz CT molecular complexity index is 1310. The number of nitrogens with zero attached hydrogens (tertiary/aromatic N) is 6. The molecule has 8 nitrogen and oxygen atoms in total. The van der Waals surface area contributed by atoms with Crippen molar-refractivity contribution in [3.63, 3.8) is 0 Å². The number of fused-ring (bicyclic) bond motifs is 1. The fourth-order valence-corrected chi connectivity index (χ4v) is 5.69. The molecule has 176 valence electrons. The van der Waals surface area contributed by atoms with Crippen LogP contribution < -0.4 is 4.90 Å². The van der Waals surface area contributed by atoms with Crippen LogP contribution in [0.25, 0.3) is 32.7 Å². The fraction of sp³-hybridized carbons (Fsp3) is 0.440. The Kier molecular flexibility index (Phi) is 5.76. The third-order valence-electron chi connectivity index (χ3n) is 6.60. The van der Waals surface area contributed by atoms with E-state index < -0.39 is 0 Å². The van der Waals surface area contributed by atoms with Crippen molar-refractivity contribution >= 4 is 28.1 Å². The summed E-state index contributed by atoms with van der Waals surface area (Å²) in [6.45, 7) is 7.19.